The third kappa shape index (κ3) is 3.01. The van der Waals surface area contributed by atoms with Crippen LogP contribution in [0, 0.1) is 0 Å². The van der Waals surface area contributed by atoms with Gasteiger partial charge in [0, 0.05) is 24.2 Å². The van der Waals surface area contributed by atoms with E-state index in [0.29, 0.717) is 11.3 Å². The number of nitrogens with one attached hydrogen (secondary N) is 1. The van der Waals surface area contributed by atoms with E-state index in [1.54, 1.807) is 31.2 Å². The van der Waals surface area contributed by atoms with Crippen molar-refractivity contribution in [3.63, 3.8) is 0 Å². The maximum Gasteiger partial charge on any atom is 0.241 e. The molecule has 2 aromatic rings. The molecule has 0 saturated carbocycles. The molecule has 1 heterocycles. The third-order valence-corrected chi connectivity index (χ3v) is 4.24. The number of sulfonamides is 1. The van der Waals surface area contributed by atoms with Gasteiger partial charge in [0.2, 0.25) is 10.0 Å². The average molecular weight is 281 g/mol. The first-order valence-corrected chi connectivity index (χ1v) is 7.25. The second-order valence-electron chi connectivity index (χ2n) is 4.13. The van der Waals surface area contributed by atoms with Gasteiger partial charge in [-0.15, -0.1) is 0 Å². The van der Waals surface area contributed by atoms with Crippen molar-refractivity contribution in [2.45, 2.75) is 17.9 Å². The normalized spacial score (nSPS) is 13.4. The Hall–Kier alpha value is -1.70. The molecular formula is C12H15N3O3S. The van der Waals surface area contributed by atoms with Crippen LogP contribution in [0.4, 0.5) is 0 Å². The predicted molar refractivity (Wildman–Crippen MR) is 70.8 cm³/mol. The molecule has 0 saturated heterocycles. The van der Waals surface area contributed by atoms with Crippen LogP contribution < -0.4 is 10.5 Å². The van der Waals surface area contributed by atoms with E-state index in [4.69, 9.17) is 10.3 Å². The van der Waals surface area contributed by atoms with E-state index in [0.717, 1.165) is 0 Å². The number of hydrogen-bond acceptors (Lipinski definition) is 5. The van der Waals surface area contributed by atoms with Crippen LogP contribution in [0.3, 0.4) is 0 Å². The van der Waals surface area contributed by atoms with Gasteiger partial charge in [-0.05, 0) is 19.1 Å². The van der Waals surface area contributed by atoms with Gasteiger partial charge < -0.3 is 10.3 Å². The fourth-order valence-corrected chi connectivity index (χ4v) is 3.10. The first-order chi connectivity index (χ1) is 9.04. The zero-order chi connectivity index (χ0) is 13.9. The number of benzene rings is 1. The highest BCUT2D eigenvalue weighted by atomic mass is 32.2. The van der Waals surface area contributed by atoms with E-state index in [9.17, 15) is 8.42 Å². The van der Waals surface area contributed by atoms with E-state index in [1.165, 1.54) is 12.3 Å². The van der Waals surface area contributed by atoms with Crippen molar-refractivity contribution in [3.05, 3.63) is 36.5 Å². The van der Waals surface area contributed by atoms with E-state index in [-0.39, 0.29) is 17.5 Å². The monoisotopic (exact) mass is 281 g/mol. The van der Waals surface area contributed by atoms with Gasteiger partial charge in [0.15, 0.2) is 5.76 Å². The lowest BCUT2D eigenvalue weighted by atomic mass is 10.2. The lowest BCUT2D eigenvalue weighted by Gasteiger charge is -2.13. The van der Waals surface area contributed by atoms with E-state index in [1.807, 2.05) is 0 Å². The molecule has 1 aromatic heterocycles. The Labute approximate surface area is 111 Å². The van der Waals surface area contributed by atoms with Gasteiger partial charge in [0.1, 0.15) is 0 Å². The summed E-state index contributed by atoms with van der Waals surface area (Å²) in [4.78, 5) is 0.145. The molecule has 0 aliphatic carbocycles. The summed E-state index contributed by atoms with van der Waals surface area (Å²) in [6.07, 6.45) is 1.47. The summed E-state index contributed by atoms with van der Waals surface area (Å²) < 4.78 is 32.1. The summed E-state index contributed by atoms with van der Waals surface area (Å²) >= 11 is 0. The molecule has 7 heteroatoms. The van der Waals surface area contributed by atoms with Crippen LogP contribution in [0.5, 0.6) is 0 Å². The fraction of sp³-hybridized carbons (Fsp3) is 0.250. The number of hydrogen-bond donors (Lipinski definition) is 2. The van der Waals surface area contributed by atoms with Crippen LogP contribution in [-0.4, -0.2) is 26.2 Å². The molecule has 0 fully saturated rings. The minimum absolute atomic E-state index is 0.145. The molecule has 6 nitrogen and oxygen atoms in total. The van der Waals surface area contributed by atoms with E-state index < -0.39 is 10.0 Å². The molecule has 3 N–H and O–H groups in total. The largest absolute Gasteiger partial charge is 0.356 e. The molecule has 0 bridgehead atoms. The first kappa shape index (κ1) is 13.7. The quantitative estimate of drug-likeness (QED) is 0.850. The molecule has 0 radical (unpaired) electrons. The van der Waals surface area contributed by atoms with Gasteiger partial charge in [-0.2, -0.15) is 0 Å². The van der Waals surface area contributed by atoms with Crippen molar-refractivity contribution in [3.8, 4) is 11.3 Å². The highest BCUT2D eigenvalue weighted by Crippen LogP contribution is 2.26. The van der Waals surface area contributed by atoms with Gasteiger partial charge in [-0.3, -0.25) is 0 Å². The lowest BCUT2D eigenvalue weighted by molar-refractivity contribution is 0.431. The van der Waals surface area contributed by atoms with Crippen molar-refractivity contribution in [1.82, 2.24) is 9.88 Å². The van der Waals surface area contributed by atoms with Crippen LogP contribution in [-0.2, 0) is 10.0 Å². The maximum absolute atomic E-state index is 12.3. The topological polar surface area (TPSA) is 98.2 Å². The van der Waals surface area contributed by atoms with Crippen LogP contribution >= 0.6 is 0 Å². The van der Waals surface area contributed by atoms with E-state index in [2.05, 4.69) is 9.88 Å². The molecule has 0 aliphatic heterocycles. The van der Waals surface area contributed by atoms with Crippen molar-refractivity contribution >= 4 is 10.0 Å². The Bertz CT molecular complexity index is 638. The fourth-order valence-electron chi connectivity index (χ4n) is 1.64. The maximum atomic E-state index is 12.3. The van der Waals surface area contributed by atoms with Crippen LogP contribution in [0.15, 0.2) is 45.9 Å². The first-order valence-electron chi connectivity index (χ1n) is 5.77. The zero-order valence-corrected chi connectivity index (χ0v) is 11.2. The van der Waals surface area contributed by atoms with Crippen molar-refractivity contribution in [2.24, 2.45) is 5.73 Å². The molecule has 0 aliphatic rings. The summed E-state index contributed by atoms with van der Waals surface area (Å²) in [5.41, 5.74) is 5.90. The Kier molecular flexibility index (Phi) is 3.98. The highest BCUT2D eigenvalue weighted by molar-refractivity contribution is 7.89. The molecule has 1 aromatic carbocycles. The van der Waals surface area contributed by atoms with Crippen molar-refractivity contribution in [2.75, 3.05) is 6.54 Å². The minimum Gasteiger partial charge on any atom is -0.356 e. The smallest absolute Gasteiger partial charge is 0.241 e. The third-order valence-electron chi connectivity index (χ3n) is 2.59. The van der Waals surface area contributed by atoms with E-state index >= 15 is 0 Å². The Morgan fingerprint density at radius 2 is 2.11 bits per heavy atom. The lowest BCUT2D eigenvalue weighted by Crippen LogP contribution is -2.37. The molecule has 2 rings (SSSR count). The molecule has 19 heavy (non-hydrogen) atoms. The Balaban J connectivity index is 2.46. The number of nitrogens with two attached hydrogens (primary N) is 1. The second-order valence-corrected chi connectivity index (χ2v) is 5.81. The molecule has 0 spiro atoms. The summed E-state index contributed by atoms with van der Waals surface area (Å²) in [6, 6.07) is 7.85. The summed E-state index contributed by atoms with van der Waals surface area (Å²) in [5.74, 6) is 0.404. The number of nitrogens with zero attached hydrogens (tertiary/aromatic N) is 1. The molecule has 102 valence electrons. The molecular weight excluding hydrogens is 266 g/mol. The highest BCUT2D eigenvalue weighted by Gasteiger charge is 2.22. The van der Waals surface area contributed by atoms with Crippen LogP contribution in [0.1, 0.15) is 6.92 Å². The number of aromatic nitrogens is 1. The SMILES string of the molecule is C[C@H](CN)NS(=O)(=O)c1ccccc1-c1ccno1. The Morgan fingerprint density at radius 1 is 1.37 bits per heavy atom. The van der Waals surface area contributed by atoms with Gasteiger partial charge in [0.05, 0.1) is 11.1 Å². The molecule has 0 amide bonds. The van der Waals surface area contributed by atoms with Crippen molar-refractivity contribution < 1.29 is 12.9 Å². The Morgan fingerprint density at radius 3 is 2.74 bits per heavy atom. The van der Waals surface area contributed by atoms with Crippen LogP contribution in [0.2, 0.25) is 0 Å². The summed E-state index contributed by atoms with van der Waals surface area (Å²) in [6.45, 7) is 1.93. The molecule has 0 unspecified atom stereocenters. The summed E-state index contributed by atoms with van der Waals surface area (Å²) in [5, 5.41) is 3.59. The van der Waals surface area contributed by atoms with Gasteiger partial charge in [-0.1, -0.05) is 17.3 Å². The molecule has 1 atom stereocenters. The minimum atomic E-state index is -3.65. The van der Waals surface area contributed by atoms with Crippen molar-refractivity contribution in [1.29, 1.82) is 0 Å². The van der Waals surface area contributed by atoms with Gasteiger partial charge in [-0.25, -0.2) is 13.1 Å². The van der Waals surface area contributed by atoms with Gasteiger partial charge in [0.25, 0.3) is 0 Å². The summed E-state index contributed by atoms with van der Waals surface area (Å²) in [7, 11) is -3.65. The average Bonchev–Trinajstić information content (AvgIpc) is 2.92. The number of rotatable bonds is 5. The van der Waals surface area contributed by atoms with Gasteiger partial charge >= 0.3 is 0 Å². The second kappa shape index (κ2) is 5.52. The van der Waals surface area contributed by atoms with Crippen LogP contribution in [0.25, 0.3) is 11.3 Å². The predicted octanol–water partition coefficient (Wildman–Crippen LogP) is 0.967. The zero-order valence-electron chi connectivity index (χ0n) is 10.4. The standard InChI is InChI=1S/C12H15N3O3S/c1-9(8-13)15-19(16,17)12-5-3-2-4-10(12)11-6-7-14-18-11/h2-7,9,15H,8,13H2,1H3/t9-/m1/s1.